The van der Waals surface area contributed by atoms with Crippen molar-refractivity contribution >= 4 is 23.2 Å². The van der Waals surface area contributed by atoms with E-state index in [1.807, 2.05) is 13.0 Å². The van der Waals surface area contributed by atoms with Crippen molar-refractivity contribution in [1.82, 2.24) is 9.80 Å². The molecule has 2 amide bonds. The molecule has 9 heteroatoms. The van der Waals surface area contributed by atoms with Crippen molar-refractivity contribution in [2.24, 2.45) is 0 Å². The zero-order valence-electron chi connectivity index (χ0n) is 16.5. The third-order valence-electron chi connectivity index (χ3n) is 5.12. The van der Waals surface area contributed by atoms with E-state index < -0.39 is 17.6 Å². The van der Waals surface area contributed by atoms with Crippen LogP contribution in [0.2, 0.25) is 0 Å². The van der Waals surface area contributed by atoms with E-state index in [-0.39, 0.29) is 23.7 Å². The van der Waals surface area contributed by atoms with Gasteiger partial charge in [0.1, 0.15) is 0 Å². The zero-order chi connectivity index (χ0) is 22.1. The summed E-state index contributed by atoms with van der Waals surface area (Å²) in [6, 6.07) is 7.93. The molecule has 0 unspecified atom stereocenters. The van der Waals surface area contributed by atoms with Gasteiger partial charge in [-0.15, -0.1) is 0 Å². The number of hydrogen-bond acceptors (Lipinski definition) is 4. The fraction of sp³-hybridized carbons (Fsp3) is 0.333. The first kappa shape index (κ1) is 21.5. The lowest BCUT2D eigenvalue weighted by Gasteiger charge is -2.23. The third-order valence-corrected chi connectivity index (χ3v) is 5.12. The van der Waals surface area contributed by atoms with Crippen molar-refractivity contribution in [3.8, 4) is 0 Å². The molecular weight excluding hydrogens is 397 g/mol. The van der Waals surface area contributed by atoms with Crippen molar-refractivity contribution in [1.29, 1.82) is 0 Å². The fourth-order valence-electron chi connectivity index (χ4n) is 3.48. The molecule has 1 aliphatic heterocycles. The minimum atomic E-state index is -4.53. The number of carbonyl (C=O) groups is 2. The summed E-state index contributed by atoms with van der Waals surface area (Å²) in [7, 11) is 0. The van der Waals surface area contributed by atoms with Crippen molar-refractivity contribution < 1.29 is 22.8 Å². The van der Waals surface area contributed by atoms with Crippen LogP contribution in [0.4, 0.5) is 24.5 Å². The lowest BCUT2D eigenvalue weighted by molar-refractivity contribution is -0.137. The van der Waals surface area contributed by atoms with E-state index in [1.54, 1.807) is 17.0 Å². The van der Waals surface area contributed by atoms with Gasteiger partial charge in [-0.1, -0.05) is 6.07 Å². The van der Waals surface area contributed by atoms with Gasteiger partial charge in [0.05, 0.1) is 16.7 Å². The SMILES string of the molecule is Cc1ccc(C(=O)N2CCCN(C(=O)c3ccc(C(F)(F)F)cc3N)CC2)c(N)c1. The predicted molar refractivity (Wildman–Crippen MR) is 108 cm³/mol. The van der Waals surface area contributed by atoms with Gasteiger partial charge in [-0.3, -0.25) is 9.59 Å². The summed E-state index contributed by atoms with van der Waals surface area (Å²) >= 11 is 0. The van der Waals surface area contributed by atoms with Crippen molar-refractivity contribution in [3.63, 3.8) is 0 Å². The van der Waals surface area contributed by atoms with E-state index in [0.29, 0.717) is 37.3 Å². The van der Waals surface area contributed by atoms with Crippen LogP contribution >= 0.6 is 0 Å². The minimum Gasteiger partial charge on any atom is -0.398 e. The molecule has 30 heavy (non-hydrogen) atoms. The number of amides is 2. The van der Waals surface area contributed by atoms with Gasteiger partial charge in [0, 0.05) is 37.6 Å². The molecule has 0 atom stereocenters. The van der Waals surface area contributed by atoms with E-state index in [4.69, 9.17) is 11.5 Å². The first-order chi connectivity index (χ1) is 14.1. The molecule has 0 aliphatic carbocycles. The monoisotopic (exact) mass is 420 g/mol. The van der Waals surface area contributed by atoms with Crippen LogP contribution in [0.5, 0.6) is 0 Å². The Labute approximate surface area is 172 Å². The van der Waals surface area contributed by atoms with Gasteiger partial charge >= 0.3 is 6.18 Å². The van der Waals surface area contributed by atoms with Crippen LogP contribution in [-0.2, 0) is 6.18 Å². The molecule has 0 spiro atoms. The van der Waals surface area contributed by atoms with Gasteiger partial charge in [-0.25, -0.2) is 0 Å². The highest BCUT2D eigenvalue weighted by Crippen LogP contribution is 2.31. The number of hydrogen-bond donors (Lipinski definition) is 2. The van der Waals surface area contributed by atoms with Crippen LogP contribution in [0.15, 0.2) is 36.4 Å². The van der Waals surface area contributed by atoms with Crippen molar-refractivity contribution in [2.75, 3.05) is 37.6 Å². The van der Waals surface area contributed by atoms with Gasteiger partial charge in [0.25, 0.3) is 11.8 Å². The second-order valence-electron chi connectivity index (χ2n) is 7.33. The van der Waals surface area contributed by atoms with Crippen LogP contribution in [0, 0.1) is 6.92 Å². The van der Waals surface area contributed by atoms with Crippen LogP contribution in [0.3, 0.4) is 0 Å². The van der Waals surface area contributed by atoms with Crippen molar-refractivity contribution in [2.45, 2.75) is 19.5 Å². The molecular formula is C21H23F3N4O2. The first-order valence-corrected chi connectivity index (χ1v) is 9.49. The lowest BCUT2D eigenvalue weighted by Crippen LogP contribution is -2.37. The van der Waals surface area contributed by atoms with E-state index in [9.17, 15) is 22.8 Å². The fourth-order valence-corrected chi connectivity index (χ4v) is 3.48. The van der Waals surface area contributed by atoms with Gasteiger partial charge in [0.2, 0.25) is 0 Å². The maximum absolute atomic E-state index is 12.8. The molecule has 4 N–H and O–H groups in total. The predicted octanol–water partition coefficient (Wildman–Crippen LogP) is 3.17. The Morgan fingerprint density at radius 3 is 1.80 bits per heavy atom. The molecule has 2 aromatic carbocycles. The summed E-state index contributed by atoms with van der Waals surface area (Å²) in [5.41, 5.74) is 12.3. The van der Waals surface area contributed by atoms with Gasteiger partial charge in [-0.05, 0) is 49.2 Å². The van der Waals surface area contributed by atoms with Gasteiger partial charge < -0.3 is 21.3 Å². The number of halogens is 3. The van der Waals surface area contributed by atoms with Crippen LogP contribution in [0.1, 0.15) is 38.3 Å². The summed E-state index contributed by atoms with van der Waals surface area (Å²) in [6.45, 7) is 3.23. The standard InChI is InChI=1S/C21H23F3N4O2/c1-13-3-5-15(17(25)11-13)19(29)27-7-2-8-28(10-9-27)20(30)16-6-4-14(12-18(16)26)21(22,23)24/h3-6,11-12H,2,7-10,25-26H2,1H3. The largest absolute Gasteiger partial charge is 0.416 e. The molecule has 1 heterocycles. The normalized spacial score (nSPS) is 15.1. The Balaban J connectivity index is 1.72. The Morgan fingerprint density at radius 2 is 1.33 bits per heavy atom. The Morgan fingerprint density at radius 1 is 0.833 bits per heavy atom. The summed E-state index contributed by atoms with van der Waals surface area (Å²) in [5.74, 6) is -0.666. The van der Waals surface area contributed by atoms with Crippen molar-refractivity contribution in [3.05, 3.63) is 58.7 Å². The quantitative estimate of drug-likeness (QED) is 0.730. The second-order valence-corrected chi connectivity index (χ2v) is 7.33. The third kappa shape index (κ3) is 4.50. The van der Waals surface area contributed by atoms with Gasteiger partial charge in [-0.2, -0.15) is 13.2 Å². The summed E-state index contributed by atoms with van der Waals surface area (Å²) in [6.07, 6.45) is -4.00. The molecule has 1 fully saturated rings. The van der Waals surface area contributed by atoms with E-state index in [2.05, 4.69) is 0 Å². The molecule has 1 aliphatic rings. The lowest BCUT2D eigenvalue weighted by atomic mass is 10.1. The maximum atomic E-state index is 12.8. The number of rotatable bonds is 2. The minimum absolute atomic E-state index is 0.0190. The Hall–Kier alpha value is -3.23. The number of benzene rings is 2. The van der Waals surface area contributed by atoms with E-state index in [0.717, 1.165) is 23.8 Å². The second kappa shape index (κ2) is 8.25. The van der Waals surface area contributed by atoms with Crippen LogP contribution < -0.4 is 11.5 Å². The maximum Gasteiger partial charge on any atom is 0.416 e. The number of carbonyl (C=O) groups excluding carboxylic acids is 2. The zero-order valence-corrected chi connectivity index (χ0v) is 16.5. The summed E-state index contributed by atoms with van der Waals surface area (Å²) < 4.78 is 38.5. The Bertz CT molecular complexity index is 975. The van der Waals surface area contributed by atoms with E-state index in [1.165, 1.54) is 4.90 Å². The molecule has 6 nitrogen and oxygen atoms in total. The number of anilines is 2. The molecule has 3 rings (SSSR count). The number of nitrogen functional groups attached to an aromatic ring is 2. The summed E-state index contributed by atoms with van der Waals surface area (Å²) in [5, 5.41) is 0. The topological polar surface area (TPSA) is 92.7 Å². The number of alkyl halides is 3. The molecule has 0 saturated carbocycles. The number of nitrogens with zero attached hydrogens (tertiary/aromatic N) is 2. The molecule has 2 aromatic rings. The molecule has 160 valence electrons. The average Bonchev–Trinajstić information content (AvgIpc) is 2.92. The number of aryl methyl sites for hydroxylation is 1. The molecule has 1 saturated heterocycles. The molecule has 0 radical (unpaired) electrons. The first-order valence-electron chi connectivity index (χ1n) is 9.49. The molecule has 0 bridgehead atoms. The smallest absolute Gasteiger partial charge is 0.398 e. The highest BCUT2D eigenvalue weighted by atomic mass is 19.4. The number of nitrogens with two attached hydrogens (primary N) is 2. The highest BCUT2D eigenvalue weighted by Gasteiger charge is 2.32. The highest BCUT2D eigenvalue weighted by molar-refractivity contribution is 6.00. The summed E-state index contributed by atoms with van der Waals surface area (Å²) in [4.78, 5) is 28.8. The van der Waals surface area contributed by atoms with Crippen LogP contribution in [-0.4, -0.2) is 47.8 Å². The average molecular weight is 420 g/mol. The van der Waals surface area contributed by atoms with E-state index >= 15 is 0 Å². The molecule has 0 aromatic heterocycles. The Kier molecular flexibility index (Phi) is 5.91. The van der Waals surface area contributed by atoms with Gasteiger partial charge in [0.15, 0.2) is 0 Å². The van der Waals surface area contributed by atoms with Crippen LogP contribution in [0.25, 0.3) is 0 Å².